The number of rotatable bonds is 14. The summed E-state index contributed by atoms with van der Waals surface area (Å²) in [6.45, 7) is 8.18. The summed E-state index contributed by atoms with van der Waals surface area (Å²) in [5, 5.41) is 9.01. The summed E-state index contributed by atoms with van der Waals surface area (Å²) in [5.74, 6) is -1.47. The minimum Gasteiger partial charge on any atom is -0.748 e. The predicted molar refractivity (Wildman–Crippen MR) is 178 cm³/mol. The number of anilines is 1. The fourth-order valence-corrected chi connectivity index (χ4v) is 7.96. The van der Waals surface area contributed by atoms with Crippen LogP contribution in [0.4, 0.5) is 11.4 Å². The minimum atomic E-state index is -4.51. The molecule has 0 saturated heterocycles. The van der Waals surface area contributed by atoms with Gasteiger partial charge in [-0.2, -0.15) is 21.4 Å². The second kappa shape index (κ2) is 13.5. The van der Waals surface area contributed by atoms with Gasteiger partial charge < -0.3 is 14.6 Å². The minimum absolute atomic E-state index is 0.00786. The molecule has 4 rings (SSSR count). The Kier molecular flexibility index (Phi) is 10.5. The quantitative estimate of drug-likeness (QED) is 0.141. The molecule has 0 unspecified atom stereocenters. The van der Waals surface area contributed by atoms with Crippen molar-refractivity contribution in [2.75, 3.05) is 23.7 Å². The van der Waals surface area contributed by atoms with Crippen molar-refractivity contribution in [3.05, 3.63) is 71.5 Å². The Morgan fingerprint density at radius 1 is 0.854 bits per heavy atom. The molecular formula is C32H40N2O11S3. The van der Waals surface area contributed by atoms with Gasteiger partial charge in [0.15, 0.2) is 5.71 Å². The lowest BCUT2D eigenvalue weighted by Crippen LogP contribution is -2.28. The van der Waals surface area contributed by atoms with Gasteiger partial charge in [0.2, 0.25) is 5.69 Å². The van der Waals surface area contributed by atoms with Gasteiger partial charge in [-0.15, -0.1) is 0 Å². The molecule has 2 aromatic carbocycles. The summed E-state index contributed by atoms with van der Waals surface area (Å²) < 4.78 is 103. The van der Waals surface area contributed by atoms with Crippen molar-refractivity contribution >= 4 is 53.4 Å². The molecule has 2 aliphatic rings. The Balaban J connectivity index is 1.78. The van der Waals surface area contributed by atoms with E-state index in [1.807, 2.05) is 43.2 Å². The van der Waals surface area contributed by atoms with Crippen LogP contribution in [0.2, 0.25) is 0 Å². The second-order valence-electron chi connectivity index (χ2n) is 13.0. The zero-order valence-corrected chi connectivity index (χ0v) is 29.5. The van der Waals surface area contributed by atoms with Crippen molar-refractivity contribution < 1.29 is 53.4 Å². The van der Waals surface area contributed by atoms with Crippen LogP contribution in [-0.2, 0) is 46.0 Å². The summed E-state index contributed by atoms with van der Waals surface area (Å²) in [4.78, 5) is 12.5. The highest BCUT2D eigenvalue weighted by atomic mass is 32.2. The van der Waals surface area contributed by atoms with Crippen LogP contribution in [0.1, 0.15) is 70.9 Å². The van der Waals surface area contributed by atoms with Crippen molar-refractivity contribution in [3.63, 3.8) is 0 Å². The Morgan fingerprint density at radius 3 is 2.04 bits per heavy atom. The number of allylic oxidation sites excluding steroid dienone is 4. The van der Waals surface area contributed by atoms with E-state index >= 15 is 0 Å². The highest BCUT2D eigenvalue weighted by molar-refractivity contribution is 7.86. The van der Waals surface area contributed by atoms with Crippen molar-refractivity contribution in [1.82, 2.24) is 0 Å². The van der Waals surface area contributed by atoms with Crippen molar-refractivity contribution in [2.24, 2.45) is 0 Å². The standard InChI is InChI=1S/C32H40N2O11S3/c1-31(2)24-20-22(47(40,41)42)13-15-26(24)33(17-7-5-6-12-30(35)36)28(31)10-8-11-29-32(3,4)25-21-23(48(43,44)45)14-16-27(25)34(29)18-9-19-46(37,38)39/h8,10-11,13-16,20-21H,5-7,9,12,17-19H2,1-4H3,(H3-,35,36,37,38,39,40,41,42,43,44,45). The first-order valence-corrected chi connectivity index (χ1v) is 19.7. The van der Waals surface area contributed by atoms with Crippen LogP contribution in [0.5, 0.6) is 0 Å². The molecule has 0 radical (unpaired) electrons. The number of carbonyl (C=O) groups is 1. The molecule has 0 atom stereocenters. The highest BCUT2D eigenvalue weighted by Gasteiger charge is 2.45. The van der Waals surface area contributed by atoms with Gasteiger partial charge in [0.05, 0.1) is 25.3 Å². The van der Waals surface area contributed by atoms with Crippen LogP contribution in [0.15, 0.2) is 70.1 Å². The van der Waals surface area contributed by atoms with E-state index in [1.54, 1.807) is 18.2 Å². The average Bonchev–Trinajstić information content (AvgIpc) is 3.29. The Bertz CT molecular complexity index is 2040. The number of nitrogens with zero attached hydrogens (tertiary/aromatic N) is 2. The lowest BCUT2D eigenvalue weighted by molar-refractivity contribution is -0.437. The largest absolute Gasteiger partial charge is 0.748 e. The van der Waals surface area contributed by atoms with Crippen molar-refractivity contribution in [1.29, 1.82) is 0 Å². The summed E-state index contributed by atoms with van der Waals surface area (Å²) in [5.41, 5.74) is 2.50. The Hall–Kier alpha value is -3.41. The molecule has 0 saturated carbocycles. The molecule has 0 amide bonds. The first-order valence-electron chi connectivity index (χ1n) is 15.3. The van der Waals surface area contributed by atoms with E-state index in [4.69, 9.17) is 5.11 Å². The molecule has 0 spiro atoms. The molecule has 16 heteroatoms. The van der Waals surface area contributed by atoms with E-state index < -0.39 is 52.9 Å². The fourth-order valence-electron chi connectivity index (χ4n) is 6.46. The number of aliphatic carboxylic acids is 1. The maximum absolute atomic E-state index is 12.0. The predicted octanol–water partition coefficient (Wildman–Crippen LogP) is 4.37. The third-order valence-corrected chi connectivity index (χ3v) is 11.4. The van der Waals surface area contributed by atoms with Gasteiger partial charge in [-0.1, -0.05) is 26.3 Å². The Morgan fingerprint density at radius 2 is 1.46 bits per heavy atom. The molecule has 48 heavy (non-hydrogen) atoms. The van der Waals surface area contributed by atoms with Gasteiger partial charge in [-0.3, -0.25) is 13.9 Å². The molecule has 0 bridgehead atoms. The van der Waals surface area contributed by atoms with E-state index in [1.165, 1.54) is 30.3 Å². The molecule has 2 heterocycles. The molecule has 262 valence electrons. The zero-order chi connectivity index (χ0) is 35.9. The molecule has 3 N–H and O–H groups in total. The monoisotopic (exact) mass is 724 g/mol. The third kappa shape index (κ3) is 8.06. The number of benzene rings is 2. The molecule has 0 fully saturated rings. The highest BCUT2D eigenvalue weighted by Crippen LogP contribution is 2.49. The fraction of sp³-hybridized carbons (Fsp3) is 0.438. The van der Waals surface area contributed by atoms with Gasteiger partial charge in [0.25, 0.3) is 20.2 Å². The van der Waals surface area contributed by atoms with Gasteiger partial charge in [-0.05, 0) is 68.7 Å². The second-order valence-corrected chi connectivity index (χ2v) is 17.3. The summed E-state index contributed by atoms with van der Waals surface area (Å²) in [6, 6.07) is 8.56. The van der Waals surface area contributed by atoms with Crippen LogP contribution in [0, 0.1) is 0 Å². The summed E-state index contributed by atoms with van der Waals surface area (Å²) >= 11 is 0. The van der Waals surface area contributed by atoms with Crippen LogP contribution < -0.4 is 4.90 Å². The summed E-state index contributed by atoms with van der Waals surface area (Å²) in [6.07, 6.45) is 7.30. The SMILES string of the molecule is CC1(C)C(/C=C/C=C2\N(CCCCCC(=O)O)c3ccc(S(=O)(=O)O)cc3C2(C)C)=[N+](CCCS(=O)(=O)[O-])c2ccc(S(=O)(=O)O)cc21. The smallest absolute Gasteiger partial charge is 0.303 e. The lowest BCUT2D eigenvalue weighted by Gasteiger charge is -2.27. The normalized spacial score (nSPS) is 18.1. The van der Waals surface area contributed by atoms with Crippen LogP contribution >= 0.6 is 0 Å². The molecule has 2 aliphatic heterocycles. The molecule has 13 nitrogen and oxygen atoms in total. The Labute approximate surface area is 281 Å². The number of hydrogen-bond donors (Lipinski definition) is 3. The molecule has 0 aromatic heterocycles. The molecular weight excluding hydrogens is 685 g/mol. The summed E-state index contributed by atoms with van der Waals surface area (Å²) in [7, 11) is -13.5. The first kappa shape index (κ1) is 37.4. The van der Waals surface area contributed by atoms with E-state index in [9.17, 15) is 43.7 Å². The van der Waals surface area contributed by atoms with Crippen molar-refractivity contribution in [2.45, 2.75) is 80.4 Å². The number of unbranched alkanes of at least 4 members (excludes halogenated alkanes) is 2. The lowest BCUT2D eigenvalue weighted by atomic mass is 9.81. The first-order chi connectivity index (χ1) is 22.0. The maximum atomic E-state index is 12.0. The van der Waals surface area contributed by atoms with E-state index in [0.29, 0.717) is 48.3 Å². The van der Waals surface area contributed by atoms with Gasteiger partial charge in [-0.25, -0.2) is 8.42 Å². The number of hydrogen-bond acceptors (Lipinski definition) is 9. The van der Waals surface area contributed by atoms with Gasteiger partial charge in [0, 0.05) is 59.6 Å². The number of fused-ring (bicyclic) bond motifs is 2. The number of carboxylic acid groups (broad SMARTS) is 1. The average molecular weight is 725 g/mol. The van der Waals surface area contributed by atoms with E-state index in [2.05, 4.69) is 0 Å². The van der Waals surface area contributed by atoms with E-state index in [0.717, 1.165) is 11.4 Å². The number of carboxylic acids is 1. The molecule has 0 aliphatic carbocycles. The van der Waals surface area contributed by atoms with Crippen LogP contribution in [-0.4, -0.2) is 79.1 Å². The third-order valence-electron chi connectivity index (χ3n) is 8.88. The van der Waals surface area contributed by atoms with Crippen molar-refractivity contribution in [3.8, 4) is 0 Å². The maximum Gasteiger partial charge on any atom is 0.303 e. The van der Waals surface area contributed by atoms with E-state index in [-0.39, 0.29) is 29.2 Å². The zero-order valence-electron chi connectivity index (χ0n) is 27.1. The topological polar surface area (TPSA) is 209 Å². The van der Waals surface area contributed by atoms with Crippen LogP contribution in [0.3, 0.4) is 0 Å². The van der Waals surface area contributed by atoms with Gasteiger partial charge >= 0.3 is 5.97 Å². The van der Waals surface area contributed by atoms with Gasteiger partial charge in [0.1, 0.15) is 6.54 Å². The molecule has 2 aromatic rings. The van der Waals surface area contributed by atoms with Crippen LogP contribution in [0.25, 0.3) is 0 Å².